The Bertz CT molecular complexity index is 617. The third-order valence-corrected chi connectivity index (χ3v) is 5.00. The van der Waals surface area contributed by atoms with E-state index in [1.807, 2.05) is 6.92 Å². The second-order valence-electron chi connectivity index (χ2n) is 5.26. The van der Waals surface area contributed by atoms with Gasteiger partial charge in [-0.2, -0.15) is 4.31 Å². The van der Waals surface area contributed by atoms with Crippen LogP contribution in [0.15, 0.2) is 18.2 Å². The highest BCUT2D eigenvalue weighted by molar-refractivity contribution is 7.88. The Kier molecular flexibility index (Phi) is 7.32. The van der Waals surface area contributed by atoms with Gasteiger partial charge in [-0.15, -0.1) is 0 Å². The number of rotatable bonds is 8. The van der Waals surface area contributed by atoms with Crippen molar-refractivity contribution in [3.63, 3.8) is 0 Å². The maximum Gasteiger partial charge on any atom is 0.239 e. The Labute approximate surface area is 137 Å². The van der Waals surface area contributed by atoms with Gasteiger partial charge < -0.3 is 5.32 Å². The molecule has 0 atom stereocenters. The number of carbonyl (C=O) groups excluding carboxylic acids is 1. The molecule has 1 amide bonds. The van der Waals surface area contributed by atoms with Crippen LogP contribution in [0.5, 0.6) is 0 Å². The molecule has 124 valence electrons. The minimum atomic E-state index is -3.40. The van der Waals surface area contributed by atoms with E-state index in [-0.39, 0.29) is 12.5 Å². The molecule has 0 fully saturated rings. The summed E-state index contributed by atoms with van der Waals surface area (Å²) in [7, 11) is -3.40. The smallest absolute Gasteiger partial charge is 0.239 e. The zero-order chi connectivity index (χ0) is 16.8. The molecule has 0 radical (unpaired) electrons. The number of hydrogen-bond donors (Lipinski definition) is 1. The van der Waals surface area contributed by atoms with E-state index >= 15 is 0 Å². The number of halogens is 1. The van der Waals surface area contributed by atoms with E-state index < -0.39 is 10.0 Å². The number of benzene rings is 1. The fourth-order valence-corrected chi connectivity index (χ4v) is 2.98. The summed E-state index contributed by atoms with van der Waals surface area (Å²) in [5.41, 5.74) is 1.36. The number of hydrogen-bond acceptors (Lipinski definition) is 3. The Morgan fingerprint density at radius 3 is 2.59 bits per heavy atom. The van der Waals surface area contributed by atoms with Gasteiger partial charge in [0.15, 0.2) is 0 Å². The summed E-state index contributed by atoms with van der Waals surface area (Å²) in [6.45, 7) is 4.01. The molecule has 0 aromatic heterocycles. The average Bonchev–Trinajstić information content (AvgIpc) is 2.42. The Morgan fingerprint density at radius 1 is 1.32 bits per heavy atom. The highest BCUT2D eigenvalue weighted by Crippen LogP contribution is 2.22. The van der Waals surface area contributed by atoms with Crippen LogP contribution in [0.1, 0.15) is 31.7 Å². The second kappa shape index (κ2) is 8.50. The van der Waals surface area contributed by atoms with Crippen LogP contribution >= 0.6 is 11.6 Å². The van der Waals surface area contributed by atoms with Crippen LogP contribution in [-0.2, 0) is 14.8 Å². The molecule has 0 aliphatic carbocycles. The van der Waals surface area contributed by atoms with Gasteiger partial charge in [0.2, 0.25) is 15.9 Å². The molecule has 22 heavy (non-hydrogen) atoms. The molecular formula is C15H23ClN2O3S. The first-order chi connectivity index (χ1) is 10.3. The van der Waals surface area contributed by atoms with Crippen LogP contribution in [-0.4, -0.2) is 38.0 Å². The van der Waals surface area contributed by atoms with E-state index in [1.54, 1.807) is 25.1 Å². The number of unbranched alkanes of at least 4 members (excludes halogenated alkanes) is 2. The Morgan fingerprint density at radius 2 is 2.00 bits per heavy atom. The standard InChI is InChI=1S/C15H23ClN2O3S/c1-4-5-6-10-18(22(3,20)21)11-15(19)17-14-9-7-8-13(16)12(14)2/h7-9H,4-6,10-11H2,1-3H3,(H,17,19). The number of nitrogens with zero attached hydrogens (tertiary/aromatic N) is 1. The molecule has 0 heterocycles. The van der Waals surface area contributed by atoms with Gasteiger partial charge in [0.1, 0.15) is 0 Å². The van der Waals surface area contributed by atoms with Crippen molar-refractivity contribution in [1.82, 2.24) is 4.31 Å². The van der Waals surface area contributed by atoms with E-state index in [9.17, 15) is 13.2 Å². The average molecular weight is 347 g/mol. The SMILES string of the molecule is CCCCCN(CC(=O)Nc1cccc(Cl)c1C)S(C)(=O)=O. The topological polar surface area (TPSA) is 66.5 Å². The van der Waals surface area contributed by atoms with Crippen LogP contribution in [0.3, 0.4) is 0 Å². The number of carbonyl (C=O) groups is 1. The monoisotopic (exact) mass is 346 g/mol. The fraction of sp³-hybridized carbons (Fsp3) is 0.533. The molecule has 0 saturated carbocycles. The lowest BCUT2D eigenvalue weighted by atomic mass is 10.2. The predicted octanol–water partition coefficient (Wildman–Crippen LogP) is 3.04. The van der Waals surface area contributed by atoms with Crippen molar-refractivity contribution in [2.75, 3.05) is 24.7 Å². The third kappa shape index (κ3) is 5.94. The molecule has 7 heteroatoms. The summed E-state index contributed by atoms with van der Waals surface area (Å²) in [5, 5.41) is 3.27. The van der Waals surface area contributed by atoms with E-state index in [4.69, 9.17) is 11.6 Å². The number of nitrogens with one attached hydrogen (secondary N) is 1. The molecule has 0 aliphatic rings. The van der Waals surface area contributed by atoms with Crippen molar-refractivity contribution in [2.24, 2.45) is 0 Å². The van der Waals surface area contributed by atoms with Gasteiger partial charge in [0.25, 0.3) is 0 Å². The molecule has 0 bridgehead atoms. The number of amides is 1. The van der Waals surface area contributed by atoms with Gasteiger partial charge in [-0.25, -0.2) is 8.42 Å². The zero-order valence-electron chi connectivity index (χ0n) is 13.2. The highest BCUT2D eigenvalue weighted by Gasteiger charge is 2.20. The van der Waals surface area contributed by atoms with Gasteiger partial charge in [-0.1, -0.05) is 37.4 Å². The minimum absolute atomic E-state index is 0.186. The molecule has 0 aliphatic heterocycles. The van der Waals surface area contributed by atoms with Gasteiger partial charge in [0.05, 0.1) is 12.8 Å². The highest BCUT2D eigenvalue weighted by atomic mass is 35.5. The maximum absolute atomic E-state index is 12.1. The van der Waals surface area contributed by atoms with Crippen molar-refractivity contribution in [3.8, 4) is 0 Å². The molecule has 1 rings (SSSR count). The van der Waals surface area contributed by atoms with Gasteiger partial charge in [-0.3, -0.25) is 4.79 Å². The lowest BCUT2D eigenvalue weighted by Crippen LogP contribution is -2.38. The van der Waals surface area contributed by atoms with Crippen molar-refractivity contribution in [2.45, 2.75) is 33.1 Å². The maximum atomic E-state index is 12.1. The van der Waals surface area contributed by atoms with Crippen molar-refractivity contribution >= 4 is 33.2 Å². The lowest BCUT2D eigenvalue weighted by molar-refractivity contribution is -0.116. The predicted molar refractivity (Wildman–Crippen MR) is 90.8 cm³/mol. The van der Waals surface area contributed by atoms with Crippen molar-refractivity contribution in [3.05, 3.63) is 28.8 Å². The molecule has 5 nitrogen and oxygen atoms in total. The Hall–Kier alpha value is -1.11. The largest absolute Gasteiger partial charge is 0.325 e. The fourth-order valence-electron chi connectivity index (χ4n) is 1.99. The normalized spacial score (nSPS) is 11.7. The molecule has 1 aromatic carbocycles. The van der Waals surface area contributed by atoms with E-state index in [2.05, 4.69) is 5.32 Å². The quantitative estimate of drug-likeness (QED) is 0.736. The van der Waals surface area contributed by atoms with Gasteiger partial charge in [-0.05, 0) is 31.0 Å². The van der Waals surface area contributed by atoms with Gasteiger partial charge >= 0.3 is 0 Å². The number of sulfonamides is 1. The van der Waals surface area contributed by atoms with Crippen LogP contribution in [0.2, 0.25) is 5.02 Å². The third-order valence-electron chi connectivity index (χ3n) is 3.34. The molecule has 0 unspecified atom stereocenters. The van der Waals surface area contributed by atoms with Crippen LogP contribution < -0.4 is 5.32 Å². The lowest BCUT2D eigenvalue weighted by Gasteiger charge is -2.19. The zero-order valence-corrected chi connectivity index (χ0v) is 14.8. The summed E-state index contributed by atoms with van der Waals surface area (Å²) < 4.78 is 24.7. The van der Waals surface area contributed by atoms with Crippen LogP contribution in [0, 0.1) is 6.92 Å². The van der Waals surface area contributed by atoms with Crippen molar-refractivity contribution in [1.29, 1.82) is 0 Å². The van der Waals surface area contributed by atoms with Crippen LogP contribution in [0.4, 0.5) is 5.69 Å². The summed E-state index contributed by atoms with van der Waals surface area (Å²) in [4.78, 5) is 12.1. The van der Waals surface area contributed by atoms with Crippen molar-refractivity contribution < 1.29 is 13.2 Å². The van der Waals surface area contributed by atoms with E-state index in [1.165, 1.54) is 4.31 Å². The molecular weight excluding hydrogens is 324 g/mol. The summed E-state index contributed by atoms with van der Waals surface area (Å²) in [6, 6.07) is 5.21. The summed E-state index contributed by atoms with van der Waals surface area (Å²) in [5.74, 6) is -0.368. The van der Waals surface area contributed by atoms with Crippen LogP contribution in [0.25, 0.3) is 0 Å². The van der Waals surface area contributed by atoms with E-state index in [0.717, 1.165) is 31.1 Å². The molecule has 1 aromatic rings. The van der Waals surface area contributed by atoms with Gasteiger partial charge in [0, 0.05) is 17.3 Å². The first kappa shape index (κ1) is 18.9. The van der Waals surface area contributed by atoms with E-state index in [0.29, 0.717) is 17.3 Å². The minimum Gasteiger partial charge on any atom is -0.325 e. The first-order valence-electron chi connectivity index (χ1n) is 7.25. The number of anilines is 1. The molecule has 1 N–H and O–H groups in total. The Balaban J connectivity index is 2.73. The molecule has 0 saturated heterocycles. The molecule has 0 spiro atoms. The summed E-state index contributed by atoms with van der Waals surface area (Å²) >= 11 is 6.00. The second-order valence-corrected chi connectivity index (χ2v) is 7.65. The first-order valence-corrected chi connectivity index (χ1v) is 9.48. The summed E-state index contributed by atoms with van der Waals surface area (Å²) in [6.07, 6.45) is 3.79.